The van der Waals surface area contributed by atoms with Crippen molar-refractivity contribution in [3.63, 3.8) is 0 Å². The minimum atomic E-state index is -4.40. The molecular weight excluding hydrogens is 638 g/mol. The van der Waals surface area contributed by atoms with Crippen LogP contribution in [0.4, 0.5) is 5.69 Å². The Balaban J connectivity index is 1.51. The number of likely N-dealkylation sites (N-methyl/N-ethyl adjacent to an activating group) is 1. The Bertz CT molecular complexity index is 1850. The van der Waals surface area contributed by atoms with Crippen molar-refractivity contribution in [3.05, 3.63) is 119 Å². The maximum atomic E-state index is 14.5. The Morgan fingerprint density at radius 1 is 0.894 bits per heavy atom. The van der Waals surface area contributed by atoms with Gasteiger partial charge < -0.3 is 20.4 Å². The van der Waals surface area contributed by atoms with Crippen molar-refractivity contribution in [1.29, 1.82) is 0 Å². The molecule has 0 amide bonds. The summed E-state index contributed by atoms with van der Waals surface area (Å²) in [6.07, 6.45) is 0.0615. The number of rotatable bonds is 15. The number of halogens is 1. The zero-order valence-corrected chi connectivity index (χ0v) is 27.8. The second-order valence-corrected chi connectivity index (χ2v) is 13.9. The van der Waals surface area contributed by atoms with E-state index >= 15 is 0 Å². The lowest BCUT2D eigenvalue weighted by atomic mass is 10.0. The first-order chi connectivity index (χ1) is 22.5. The van der Waals surface area contributed by atoms with E-state index in [1.54, 1.807) is 30.3 Å². The summed E-state index contributed by atoms with van der Waals surface area (Å²) >= 11 is 6.03. The molecule has 5 rings (SSSR count). The first kappa shape index (κ1) is 34.1. The fourth-order valence-corrected chi connectivity index (χ4v) is 7.91. The molecule has 0 bridgehead atoms. The molecule has 1 saturated carbocycles. The molecule has 11 heteroatoms. The Hall–Kier alpha value is -4.22. The van der Waals surface area contributed by atoms with Crippen LogP contribution in [0.3, 0.4) is 0 Å². The largest absolute Gasteiger partial charge is 0.480 e. The Morgan fingerprint density at radius 3 is 2.15 bits per heavy atom. The predicted octanol–water partition coefficient (Wildman–Crippen LogP) is 6.66. The number of hydrogen-bond acceptors (Lipinski definition) is 6. The zero-order chi connectivity index (χ0) is 33.8. The molecule has 1 aliphatic rings. The van der Waals surface area contributed by atoms with Crippen LogP contribution in [0.25, 0.3) is 11.1 Å². The highest BCUT2D eigenvalue weighted by Gasteiger charge is 2.68. The molecule has 3 N–H and O–H groups in total. The third-order valence-electron chi connectivity index (χ3n) is 8.81. The number of aromatic carboxylic acids is 1. The maximum absolute atomic E-state index is 14.5. The number of anilines is 1. The first-order valence-corrected chi connectivity index (χ1v) is 17.3. The molecule has 246 valence electrons. The zero-order valence-electron chi connectivity index (χ0n) is 26.3. The number of aliphatic carboxylic acids is 1. The van der Waals surface area contributed by atoms with E-state index in [2.05, 4.69) is 24.1 Å². The van der Waals surface area contributed by atoms with Crippen LogP contribution in [0.1, 0.15) is 47.7 Å². The van der Waals surface area contributed by atoms with Crippen LogP contribution in [-0.2, 0) is 21.4 Å². The number of carboxylic acid groups (broad SMARTS) is 2. The summed E-state index contributed by atoms with van der Waals surface area (Å²) in [4.78, 5) is 27.1. The van der Waals surface area contributed by atoms with Gasteiger partial charge in [-0.2, -0.15) is 4.31 Å². The summed E-state index contributed by atoms with van der Waals surface area (Å²) in [5.41, 5.74) is 1.70. The molecule has 0 unspecified atom stereocenters. The Morgan fingerprint density at radius 2 is 1.53 bits per heavy atom. The Labute approximate surface area is 280 Å². The molecule has 4 aromatic carbocycles. The highest BCUT2D eigenvalue weighted by atomic mass is 35.5. The standard InChI is InChI=1S/C36H38ClN3O6S/c1-3-39(4-2)20-19-38-31-10-6-8-28(22-31)33-23-36(33,35(43)44)40(24-25-7-5-9-29(21-25)34(41)42)47(45,46)32-17-13-27(14-18-32)26-11-15-30(37)16-12-26/h5-18,21-22,33,38H,3-4,19-20,23-24H2,1-2H3,(H,41,42)(H,43,44)/t33-,36+/m0/s1. The van der Waals surface area contributed by atoms with Gasteiger partial charge in [-0.3, -0.25) is 4.79 Å². The lowest BCUT2D eigenvalue weighted by molar-refractivity contribution is -0.143. The van der Waals surface area contributed by atoms with Gasteiger partial charge in [-0.15, -0.1) is 0 Å². The van der Waals surface area contributed by atoms with Gasteiger partial charge in [-0.1, -0.05) is 74.0 Å². The van der Waals surface area contributed by atoms with Crippen LogP contribution < -0.4 is 5.32 Å². The fraction of sp³-hybridized carbons (Fsp3) is 0.278. The molecule has 9 nitrogen and oxygen atoms in total. The van der Waals surface area contributed by atoms with Crippen molar-refractivity contribution in [3.8, 4) is 11.1 Å². The molecule has 0 heterocycles. The molecule has 0 aromatic heterocycles. The number of carboxylic acids is 2. The number of benzene rings is 4. The summed E-state index contributed by atoms with van der Waals surface area (Å²) in [6.45, 7) is 7.30. The predicted molar refractivity (Wildman–Crippen MR) is 183 cm³/mol. The summed E-state index contributed by atoms with van der Waals surface area (Å²) in [5.74, 6) is -3.06. The van der Waals surface area contributed by atoms with Gasteiger partial charge in [0.25, 0.3) is 0 Å². The van der Waals surface area contributed by atoms with E-state index in [9.17, 15) is 28.2 Å². The lowest BCUT2D eigenvalue weighted by Crippen LogP contribution is -2.48. The van der Waals surface area contributed by atoms with Crippen molar-refractivity contribution in [1.82, 2.24) is 9.21 Å². The number of nitrogens with one attached hydrogen (secondary N) is 1. The highest BCUT2D eigenvalue weighted by Crippen LogP contribution is 2.58. The average Bonchev–Trinajstić information content (AvgIpc) is 3.83. The van der Waals surface area contributed by atoms with Gasteiger partial charge in [0.15, 0.2) is 0 Å². The first-order valence-electron chi connectivity index (χ1n) is 15.5. The maximum Gasteiger partial charge on any atom is 0.335 e. The van der Waals surface area contributed by atoms with Gasteiger partial charge in [0.05, 0.1) is 10.5 Å². The van der Waals surface area contributed by atoms with E-state index in [1.807, 2.05) is 36.4 Å². The number of sulfonamides is 1. The van der Waals surface area contributed by atoms with E-state index in [1.165, 1.54) is 30.3 Å². The minimum absolute atomic E-state index is 0.0209. The normalized spacial score (nSPS) is 17.5. The molecule has 47 heavy (non-hydrogen) atoms. The molecule has 0 aliphatic heterocycles. The van der Waals surface area contributed by atoms with Crippen molar-refractivity contribution < 1.29 is 28.2 Å². The van der Waals surface area contributed by atoms with Crippen LogP contribution in [0.2, 0.25) is 5.02 Å². The van der Waals surface area contributed by atoms with Crippen LogP contribution in [0.5, 0.6) is 0 Å². The number of nitrogens with zero attached hydrogens (tertiary/aromatic N) is 2. The molecule has 0 saturated heterocycles. The van der Waals surface area contributed by atoms with Crippen LogP contribution >= 0.6 is 11.6 Å². The molecule has 4 aromatic rings. The van der Waals surface area contributed by atoms with Crippen LogP contribution in [-0.4, -0.2) is 71.5 Å². The van der Waals surface area contributed by atoms with E-state index < -0.39 is 33.4 Å². The monoisotopic (exact) mass is 675 g/mol. The molecule has 1 fully saturated rings. The van der Waals surface area contributed by atoms with Crippen LogP contribution in [0, 0.1) is 0 Å². The summed E-state index contributed by atoms with van der Waals surface area (Å²) < 4.78 is 29.9. The van der Waals surface area contributed by atoms with Gasteiger partial charge >= 0.3 is 11.9 Å². The quantitative estimate of drug-likeness (QED) is 0.128. The smallest absolute Gasteiger partial charge is 0.335 e. The summed E-state index contributed by atoms with van der Waals surface area (Å²) in [7, 11) is -4.40. The van der Waals surface area contributed by atoms with E-state index in [0.29, 0.717) is 22.7 Å². The molecular formula is C36H38ClN3O6S. The van der Waals surface area contributed by atoms with Crippen molar-refractivity contribution in [2.45, 2.75) is 43.2 Å². The van der Waals surface area contributed by atoms with Crippen molar-refractivity contribution in [2.24, 2.45) is 0 Å². The molecule has 0 radical (unpaired) electrons. The number of carbonyl (C=O) groups is 2. The van der Waals surface area contributed by atoms with Gasteiger partial charge in [0.2, 0.25) is 10.0 Å². The molecule has 2 atom stereocenters. The Kier molecular flexibility index (Phi) is 10.4. The lowest BCUT2D eigenvalue weighted by Gasteiger charge is -2.30. The van der Waals surface area contributed by atoms with E-state index in [4.69, 9.17) is 11.6 Å². The minimum Gasteiger partial charge on any atom is -0.480 e. The molecule has 0 spiro atoms. The molecule has 1 aliphatic carbocycles. The number of hydrogen-bond donors (Lipinski definition) is 3. The third-order valence-corrected chi connectivity index (χ3v) is 11.0. The van der Waals surface area contributed by atoms with Crippen LogP contribution in [0.15, 0.2) is 102 Å². The summed E-state index contributed by atoms with van der Waals surface area (Å²) in [5, 5.41) is 24.3. The SMILES string of the molecule is CCN(CC)CCNc1cccc([C@@H]2C[C@@]2(C(=O)O)N(Cc2cccc(C(=O)O)c2)S(=O)(=O)c2ccc(-c3ccc(Cl)cc3)cc2)c1. The highest BCUT2D eigenvalue weighted by molar-refractivity contribution is 7.89. The van der Waals surface area contributed by atoms with E-state index in [0.717, 1.165) is 40.8 Å². The van der Waals surface area contributed by atoms with Gasteiger partial charge in [-0.05, 0) is 90.3 Å². The summed E-state index contributed by atoms with van der Waals surface area (Å²) in [6, 6.07) is 26.8. The van der Waals surface area contributed by atoms with Gasteiger partial charge in [0, 0.05) is 36.3 Å². The average molecular weight is 676 g/mol. The second kappa shape index (κ2) is 14.3. The third kappa shape index (κ3) is 7.36. The van der Waals surface area contributed by atoms with E-state index in [-0.39, 0.29) is 23.4 Å². The topological polar surface area (TPSA) is 127 Å². The van der Waals surface area contributed by atoms with Crippen molar-refractivity contribution >= 4 is 39.3 Å². The fourth-order valence-electron chi connectivity index (χ4n) is 6.03. The van der Waals surface area contributed by atoms with Crippen molar-refractivity contribution in [2.75, 3.05) is 31.5 Å². The van der Waals surface area contributed by atoms with Gasteiger partial charge in [-0.25, -0.2) is 13.2 Å². The van der Waals surface area contributed by atoms with Gasteiger partial charge in [0.1, 0.15) is 5.54 Å². The second-order valence-electron chi connectivity index (χ2n) is 11.6.